The minimum atomic E-state index is -0.264. The first-order chi connectivity index (χ1) is 17.1. The Morgan fingerprint density at radius 1 is 0.771 bits per heavy atom. The summed E-state index contributed by atoms with van der Waals surface area (Å²) in [5.74, 6) is 1.24. The Balaban J connectivity index is 1.60. The molecule has 9 heteroatoms. The zero-order valence-corrected chi connectivity index (χ0v) is 19.3. The first kappa shape index (κ1) is 21.0. The first-order valence-corrected chi connectivity index (χ1v) is 11.2. The van der Waals surface area contributed by atoms with Gasteiger partial charge in [0.25, 0.3) is 5.56 Å². The van der Waals surface area contributed by atoms with E-state index in [1.54, 1.807) is 39.8 Å². The molecular formula is C26H18ClN7O. The van der Waals surface area contributed by atoms with Crippen molar-refractivity contribution in [3.8, 4) is 34.2 Å². The number of para-hydroxylation sites is 1. The van der Waals surface area contributed by atoms with E-state index in [4.69, 9.17) is 16.6 Å². The second kappa shape index (κ2) is 8.34. The van der Waals surface area contributed by atoms with Crippen LogP contribution >= 0.6 is 11.6 Å². The molecule has 170 valence electrons. The molecule has 8 nitrogen and oxygen atoms in total. The zero-order chi connectivity index (χ0) is 23.9. The van der Waals surface area contributed by atoms with E-state index < -0.39 is 0 Å². The van der Waals surface area contributed by atoms with Gasteiger partial charge in [-0.1, -0.05) is 54.1 Å². The molecule has 6 rings (SSSR count). The maximum Gasteiger partial charge on any atom is 0.286 e. The second-order valence-corrected chi connectivity index (χ2v) is 8.40. The maximum absolute atomic E-state index is 13.7. The lowest BCUT2D eigenvalue weighted by molar-refractivity contribution is 0.774. The molecule has 0 spiro atoms. The van der Waals surface area contributed by atoms with Crippen LogP contribution in [0.3, 0.4) is 0 Å². The van der Waals surface area contributed by atoms with Crippen LogP contribution in [-0.4, -0.2) is 33.9 Å². The van der Waals surface area contributed by atoms with Crippen molar-refractivity contribution in [3.05, 3.63) is 107 Å². The van der Waals surface area contributed by atoms with E-state index in [1.807, 2.05) is 66.2 Å². The van der Waals surface area contributed by atoms with Gasteiger partial charge in [0, 0.05) is 28.9 Å². The number of nitrogens with zero attached hydrogens (tertiary/aromatic N) is 7. The Bertz CT molecular complexity index is 1720. The van der Waals surface area contributed by atoms with Gasteiger partial charge in [0.15, 0.2) is 17.0 Å². The maximum atomic E-state index is 13.7. The minimum Gasteiger partial charge on any atom is -0.283 e. The average molecular weight is 480 g/mol. The number of imidazole rings is 1. The zero-order valence-electron chi connectivity index (χ0n) is 18.6. The highest BCUT2D eigenvalue weighted by Gasteiger charge is 2.19. The molecule has 0 radical (unpaired) electrons. The smallest absolute Gasteiger partial charge is 0.283 e. The van der Waals surface area contributed by atoms with Gasteiger partial charge in [-0.3, -0.25) is 13.9 Å². The number of halogens is 1. The predicted octanol–water partition coefficient (Wildman–Crippen LogP) is 4.69. The van der Waals surface area contributed by atoms with Crippen molar-refractivity contribution in [1.29, 1.82) is 0 Å². The van der Waals surface area contributed by atoms with Crippen LogP contribution in [0.5, 0.6) is 0 Å². The van der Waals surface area contributed by atoms with E-state index >= 15 is 0 Å². The molecule has 35 heavy (non-hydrogen) atoms. The molecule has 0 bridgehead atoms. The summed E-state index contributed by atoms with van der Waals surface area (Å²) in [6, 6.07) is 24.5. The van der Waals surface area contributed by atoms with Gasteiger partial charge in [-0.2, -0.15) is 5.10 Å². The summed E-state index contributed by atoms with van der Waals surface area (Å²) in [6.45, 7) is 0. The number of aromatic nitrogens is 7. The van der Waals surface area contributed by atoms with Crippen molar-refractivity contribution in [2.75, 3.05) is 0 Å². The van der Waals surface area contributed by atoms with E-state index in [1.165, 1.54) is 6.33 Å². The van der Waals surface area contributed by atoms with Crippen LogP contribution < -0.4 is 5.56 Å². The second-order valence-electron chi connectivity index (χ2n) is 7.96. The van der Waals surface area contributed by atoms with Gasteiger partial charge in [0.1, 0.15) is 18.5 Å². The van der Waals surface area contributed by atoms with Crippen molar-refractivity contribution in [3.63, 3.8) is 0 Å². The molecule has 0 unspecified atom stereocenters. The number of fused-ring (bicyclic) bond motifs is 1. The highest BCUT2D eigenvalue weighted by molar-refractivity contribution is 6.30. The van der Waals surface area contributed by atoms with Crippen molar-refractivity contribution in [2.45, 2.75) is 0 Å². The van der Waals surface area contributed by atoms with Crippen molar-refractivity contribution < 1.29 is 0 Å². The van der Waals surface area contributed by atoms with Crippen LogP contribution in [0.25, 0.3) is 45.3 Å². The Morgan fingerprint density at radius 2 is 1.46 bits per heavy atom. The summed E-state index contributed by atoms with van der Waals surface area (Å²) < 4.78 is 5.10. The van der Waals surface area contributed by atoms with Crippen LogP contribution in [0, 0.1) is 0 Å². The first-order valence-electron chi connectivity index (χ1n) is 10.9. The molecule has 0 aliphatic carbocycles. The van der Waals surface area contributed by atoms with Crippen molar-refractivity contribution in [2.24, 2.45) is 7.05 Å². The molecule has 0 saturated heterocycles. The third-order valence-corrected chi connectivity index (χ3v) is 6.06. The van der Waals surface area contributed by atoms with Crippen LogP contribution in [-0.2, 0) is 7.05 Å². The molecular weight excluding hydrogens is 462 g/mol. The normalized spacial score (nSPS) is 11.3. The minimum absolute atomic E-state index is 0.264. The highest BCUT2D eigenvalue weighted by atomic mass is 35.5. The lowest BCUT2D eigenvalue weighted by Crippen LogP contribution is -2.22. The molecule has 0 N–H and O–H groups in total. The van der Waals surface area contributed by atoms with E-state index in [0.717, 1.165) is 22.6 Å². The molecule has 0 aliphatic heterocycles. The summed E-state index contributed by atoms with van der Waals surface area (Å²) in [6.07, 6.45) is 3.14. The third-order valence-electron chi connectivity index (χ3n) is 5.80. The molecule has 0 fully saturated rings. The van der Waals surface area contributed by atoms with Crippen LogP contribution in [0.1, 0.15) is 0 Å². The van der Waals surface area contributed by atoms with E-state index in [-0.39, 0.29) is 11.1 Å². The summed E-state index contributed by atoms with van der Waals surface area (Å²) >= 11 is 6.11. The summed E-state index contributed by atoms with van der Waals surface area (Å²) in [5.41, 5.74) is 3.70. The Kier molecular flexibility index (Phi) is 5.00. The molecule has 0 amide bonds. The van der Waals surface area contributed by atoms with Crippen LogP contribution in [0.15, 0.2) is 96.3 Å². The van der Waals surface area contributed by atoms with Crippen molar-refractivity contribution >= 4 is 22.8 Å². The molecule has 0 aliphatic rings. The topological polar surface area (TPSA) is 83.4 Å². The largest absolute Gasteiger partial charge is 0.286 e. The predicted molar refractivity (Wildman–Crippen MR) is 135 cm³/mol. The molecule has 0 saturated carbocycles. The molecule has 0 atom stereocenters. The SMILES string of the molecule is Cn1ncnc1-c1ccc(-c2nc3c(ncn3-c3ccccc3)c(=O)n2-c2ccc(Cl)cc2)cc1. The molecule has 3 heterocycles. The van der Waals surface area contributed by atoms with E-state index in [0.29, 0.717) is 22.2 Å². The molecule has 6 aromatic rings. The lowest BCUT2D eigenvalue weighted by Gasteiger charge is -2.14. The van der Waals surface area contributed by atoms with Gasteiger partial charge in [-0.05, 0) is 36.4 Å². The van der Waals surface area contributed by atoms with E-state index in [2.05, 4.69) is 15.1 Å². The van der Waals surface area contributed by atoms with Gasteiger partial charge in [0.2, 0.25) is 0 Å². The fourth-order valence-electron chi connectivity index (χ4n) is 4.08. The quantitative estimate of drug-likeness (QED) is 0.366. The standard InChI is InChI=1S/C26H18ClN7O/c1-32-23(28-15-30-32)17-7-9-18(10-8-17)24-31-25-22(29-16-33(25)20-5-3-2-4-6-20)26(35)34(24)21-13-11-19(27)12-14-21/h2-16H,1H3. The van der Waals surface area contributed by atoms with Gasteiger partial charge in [-0.25, -0.2) is 19.6 Å². The van der Waals surface area contributed by atoms with Crippen LogP contribution in [0.4, 0.5) is 0 Å². The van der Waals surface area contributed by atoms with Gasteiger partial charge >= 0.3 is 0 Å². The van der Waals surface area contributed by atoms with Gasteiger partial charge < -0.3 is 0 Å². The third kappa shape index (κ3) is 3.60. The number of hydrogen-bond donors (Lipinski definition) is 0. The number of rotatable bonds is 4. The fraction of sp³-hybridized carbons (Fsp3) is 0.0385. The Hall–Kier alpha value is -4.56. The average Bonchev–Trinajstić information content (AvgIpc) is 3.52. The Labute approximate surface area is 204 Å². The number of hydrogen-bond acceptors (Lipinski definition) is 5. The number of aryl methyl sites for hydroxylation is 1. The van der Waals surface area contributed by atoms with Gasteiger partial charge in [-0.15, -0.1) is 0 Å². The monoisotopic (exact) mass is 479 g/mol. The molecule has 3 aromatic carbocycles. The summed E-state index contributed by atoms with van der Waals surface area (Å²) in [5, 5.41) is 4.72. The molecule has 3 aromatic heterocycles. The Morgan fingerprint density at radius 3 is 2.11 bits per heavy atom. The lowest BCUT2D eigenvalue weighted by atomic mass is 10.1. The van der Waals surface area contributed by atoms with Crippen LogP contribution in [0.2, 0.25) is 5.02 Å². The number of benzene rings is 3. The fourth-order valence-corrected chi connectivity index (χ4v) is 4.20. The highest BCUT2D eigenvalue weighted by Crippen LogP contribution is 2.26. The van der Waals surface area contributed by atoms with Crippen molar-refractivity contribution in [1.82, 2.24) is 33.9 Å². The summed E-state index contributed by atoms with van der Waals surface area (Å²) in [7, 11) is 1.84. The summed E-state index contributed by atoms with van der Waals surface area (Å²) in [4.78, 5) is 27.4. The van der Waals surface area contributed by atoms with Gasteiger partial charge in [0.05, 0.1) is 5.69 Å². The van der Waals surface area contributed by atoms with E-state index in [9.17, 15) is 4.79 Å².